The highest BCUT2D eigenvalue weighted by Crippen LogP contribution is 2.31. The molecule has 4 aromatic rings. The van der Waals surface area contributed by atoms with Gasteiger partial charge in [-0.15, -0.1) is 11.3 Å². The molecule has 9 heteroatoms. The van der Waals surface area contributed by atoms with Crippen LogP contribution in [0.4, 0.5) is 0 Å². The van der Waals surface area contributed by atoms with Gasteiger partial charge in [-0.05, 0) is 49.4 Å². The van der Waals surface area contributed by atoms with Crippen molar-refractivity contribution in [1.29, 1.82) is 0 Å². The highest BCUT2D eigenvalue weighted by Gasteiger charge is 2.15. The van der Waals surface area contributed by atoms with Crippen LogP contribution < -0.4 is 0 Å². The molecule has 0 bridgehead atoms. The summed E-state index contributed by atoms with van der Waals surface area (Å²) in [5, 5.41) is 0.652. The largest absolute Gasteiger partial charge is 0.304 e. The molecule has 0 saturated heterocycles. The van der Waals surface area contributed by atoms with E-state index in [9.17, 15) is 13.0 Å². The Labute approximate surface area is 176 Å². The molecule has 0 amide bonds. The van der Waals surface area contributed by atoms with E-state index < -0.39 is 10.1 Å². The number of aromatic nitrogens is 3. The van der Waals surface area contributed by atoms with Crippen LogP contribution in [0.5, 0.6) is 0 Å². The van der Waals surface area contributed by atoms with Crippen LogP contribution in [0, 0.1) is 6.92 Å². The Morgan fingerprint density at radius 3 is 2.38 bits per heavy atom. The minimum atomic E-state index is -4.24. The average Bonchev–Trinajstić information content (AvgIpc) is 3.19. The Hall–Kier alpha value is -2.65. The topological polar surface area (TPSA) is 93.0 Å². The van der Waals surface area contributed by atoms with E-state index in [0.29, 0.717) is 21.4 Å². The Balaban J connectivity index is 1.75. The minimum Gasteiger partial charge on any atom is -0.281 e. The van der Waals surface area contributed by atoms with Crippen molar-refractivity contribution in [3.63, 3.8) is 0 Å². The lowest BCUT2D eigenvalue weighted by atomic mass is 10.1. The molecule has 4 rings (SSSR count). The highest BCUT2D eigenvalue weighted by molar-refractivity contribution is 7.88. The second kappa shape index (κ2) is 7.64. The molecule has 6 nitrogen and oxygen atoms in total. The van der Waals surface area contributed by atoms with Crippen molar-refractivity contribution in [3.8, 4) is 33.2 Å². The third-order valence-electron chi connectivity index (χ3n) is 4.10. The van der Waals surface area contributed by atoms with Crippen LogP contribution in [0.3, 0.4) is 0 Å². The number of aryl methyl sites for hydroxylation is 1. The summed E-state index contributed by atoms with van der Waals surface area (Å²) in [6, 6.07) is 15.8. The normalized spacial score (nSPS) is 11.6. The number of halogens is 1. The maximum atomic E-state index is 11.3. The van der Waals surface area contributed by atoms with Crippen LogP contribution in [0.2, 0.25) is 5.02 Å². The van der Waals surface area contributed by atoms with Gasteiger partial charge in [-0.2, -0.15) is 8.42 Å². The molecule has 0 fully saturated rings. The van der Waals surface area contributed by atoms with E-state index in [1.54, 1.807) is 24.4 Å². The van der Waals surface area contributed by atoms with Crippen LogP contribution in [-0.2, 0) is 10.1 Å². The number of pyridine rings is 1. The van der Waals surface area contributed by atoms with Gasteiger partial charge in [0.2, 0.25) is 0 Å². The van der Waals surface area contributed by atoms with E-state index in [1.165, 1.54) is 6.07 Å². The van der Waals surface area contributed by atoms with Crippen molar-refractivity contribution < 1.29 is 13.0 Å². The molecule has 0 radical (unpaired) electrons. The maximum Gasteiger partial charge on any atom is 0.304 e. The number of hydrogen-bond acceptors (Lipinski definition) is 6. The van der Waals surface area contributed by atoms with E-state index in [1.807, 2.05) is 37.3 Å². The fraction of sp³-hybridized carbons (Fsp3) is 0.0500. The van der Waals surface area contributed by atoms with Gasteiger partial charge in [0.15, 0.2) is 5.82 Å². The molecule has 0 unspecified atom stereocenters. The summed E-state index contributed by atoms with van der Waals surface area (Å²) in [7, 11) is -4.24. The second-order valence-electron chi connectivity index (χ2n) is 6.25. The third-order valence-corrected chi connectivity index (χ3v) is 6.78. The van der Waals surface area contributed by atoms with Gasteiger partial charge in [0, 0.05) is 28.0 Å². The zero-order valence-electron chi connectivity index (χ0n) is 15.1. The van der Waals surface area contributed by atoms with Gasteiger partial charge >= 0.3 is 10.1 Å². The molecule has 1 N–H and O–H groups in total. The number of rotatable bonds is 4. The molecule has 0 aliphatic carbocycles. The first-order valence-corrected chi connectivity index (χ1v) is 11.1. The summed E-state index contributed by atoms with van der Waals surface area (Å²) in [6.45, 7) is 1.89. The van der Waals surface area contributed by atoms with Crippen LogP contribution >= 0.6 is 22.9 Å². The molecule has 1 aromatic carbocycles. The van der Waals surface area contributed by atoms with Gasteiger partial charge in [0.1, 0.15) is 4.21 Å². The molecule has 0 aliphatic rings. The smallest absolute Gasteiger partial charge is 0.281 e. The third kappa shape index (κ3) is 4.35. The minimum absolute atomic E-state index is 0.128. The highest BCUT2D eigenvalue weighted by atomic mass is 35.5. The molecule has 3 aromatic heterocycles. The molecule has 0 aliphatic heterocycles. The Morgan fingerprint density at radius 2 is 1.69 bits per heavy atom. The van der Waals surface area contributed by atoms with E-state index in [-0.39, 0.29) is 4.21 Å². The van der Waals surface area contributed by atoms with Crippen molar-refractivity contribution in [2.24, 2.45) is 0 Å². The van der Waals surface area contributed by atoms with Crippen LogP contribution in [0.15, 0.2) is 65.0 Å². The molecule has 0 saturated carbocycles. The summed E-state index contributed by atoms with van der Waals surface area (Å²) in [5.41, 5.74) is 3.82. The van der Waals surface area contributed by atoms with E-state index >= 15 is 0 Å². The first-order chi connectivity index (χ1) is 13.8. The van der Waals surface area contributed by atoms with Crippen molar-refractivity contribution in [3.05, 3.63) is 71.5 Å². The molecule has 146 valence electrons. The molecule has 29 heavy (non-hydrogen) atoms. The van der Waals surface area contributed by atoms with Crippen molar-refractivity contribution in [2.75, 3.05) is 0 Å². The maximum absolute atomic E-state index is 11.3. The number of nitrogens with zero attached hydrogens (tertiary/aromatic N) is 3. The predicted molar refractivity (Wildman–Crippen MR) is 114 cm³/mol. The molecule has 3 heterocycles. The lowest BCUT2D eigenvalue weighted by Crippen LogP contribution is -1.96. The summed E-state index contributed by atoms with van der Waals surface area (Å²) in [4.78, 5) is 14.1. The van der Waals surface area contributed by atoms with Gasteiger partial charge in [-0.3, -0.25) is 9.54 Å². The van der Waals surface area contributed by atoms with E-state index in [2.05, 4.69) is 15.0 Å². The van der Waals surface area contributed by atoms with Gasteiger partial charge in [-0.1, -0.05) is 23.7 Å². The zero-order chi connectivity index (χ0) is 20.6. The summed E-state index contributed by atoms with van der Waals surface area (Å²) in [5.74, 6) is 0.533. The SMILES string of the molecule is Cc1cc(-c2ccc(Cl)cc2)nc(-c2ccnc(-c3ccc(S(=O)(=O)O)s3)c2)n1. The predicted octanol–water partition coefficient (Wildman–Crippen LogP) is 5.14. The Bertz CT molecular complexity index is 1300. The lowest BCUT2D eigenvalue weighted by molar-refractivity contribution is 0.485. The summed E-state index contributed by atoms with van der Waals surface area (Å²) >= 11 is 6.92. The molecular formula is C20H14ClN3O3S2. The second-order valence-corrected chi connectivity index (χ2v) is 9.42. The monoisotopic (exact) mass is 443 g/mol. The fourth-order valence-corrected chi connectivity index (χ4v) is 4.53. The molecular weight excluding hydrogens is 430 g/mol. The Kier molecular flexibility index (Phi) is 5.18. The number of benzene rings is 1. The fourth-order valence-electron chi connectivity index (χ4n) is 2.77. The van der Waals surface area contributed by atoms with Gasteiger partial charge in [0.05, 0.1) is 16.3 Å². The standard InChI is InChI=1S/C20H14ClN3O3S2/c1-12-10-16(13-2-4-15(21)5-3-13)24-20(23-12)14-8-9-22-17(11-14)18-6-7-19(28-18)29(25,26)27/h2-11H,1H3,(H,25,26,27). The summed E-state index contributed by atoms with van der Waals surface area (Å²) < 4.78 is 31.7. The zero-order valence-corrected chi connectivity index (χ0v) is 17.5. The molecule has 0 atom stereocenters. The van der Waals surface area contributed by atoms with Crippen LogP contribution in [-0.4, -0.2) is 27.9 Å². The first kappa shape index (κ1) is 19.7. The van der Waals surface area contributed by atoms with Crippen molar-refractivity contribution in [2.45, 2.75) is 11.1 Å². The van der Waals surface area contributed by atoms with Gasteiger partial charge in [-0.25, -0.2) is 9.97 Å². The van der Waals surface area contributed by atoms with Gasteiger partial charge in [0.25, 0.3) is 0 Å². The molecule has 0 spiro atoms. The van der Waals surface area contributed by atoms with E-state index in [4.69, 9.17) is 11.6 Å². The van der Waals surface area contributed by atoms with Crippen LogP contribution in [0.25, 0.3) is 33.2 Å². The van der Waals surface area contributed by atoms with Crippen molar-refractivity contribution >= 4 is 33.1 Å². The Morgan fingerprint density at radius 1 is 0.931 bits per heavy atom. The lowest BCUT2D eigenvalue weighted by Gasteiger charge is -2.07. The van der Waals surface area contributed by atoms with Crippen LogP contribution in [0.1, 0.15) is 5.69 Å². The van der Waals surface area contributed by atoms with Crippen molar-refractivity contribution in [1.82, 2.24) is 15.0 Å². The first-order valence-electron chi connectivity index (χ1n) is 8.45. The average molecular weight is 444 g/mol. The van der Waals surface area contributed by atoms with E-state index in [0.717, 1.165) is 33.9 Å². The number of thiophene rings is 1. The number of hydrogen-bond donors (Lipinski definition) is 1. The quantitative estimate of drug-likeness (QED) is 0.439. The van der Waals surface area contributed by atoms with Gasteiger partial charge < -0.3 is 0 Å². The summed E-state index contributed by atoms with van der Waals surface area (Å²) in [6.07, 6.45) is 1.62.